The first kappa shape index (κ1) is 26.2. The number of fused-ring (bicyclic) bond motifs is 1. The van der Waals surface area contributed by atoms with Crippen LogP contribution in [0.3, 0.4) is 0 Å². The van der Waals surface area contributed by atoms with Gasteiger partial charge >= 0.3 is 0 Å². The van der Waals surface area contributed by atoms with E-state index in [-0.39, 0.29) is 22.9 Å². The molecule has 0 aromatic heterocycles. The highest BCUT2D eigenvalue weighted by molar-refractivity contribution is 6.31. The monoisotopic (exact) mass is 531 g/mol. The average molecular weight is 532 g/mol. The highest BCUT2D eigenvalue weighted by Gasteiger charge is 2.72. The van der Waals surface area contributed by atoms with Crippen molar-refractivity contribution in [2.24, 2.45) is 23.7 Å². The molecule has 3 amide bonds. The Kier molecular flexibility index (Phi) is 7.09. The fourth-order valence-electron chi connectivity index (χ4n) is 6.68. The van der Waals surface area contributed by atoms with Crippen LogP contribution >= 0.6 is 11.6 Å². The van der Waals surface area contributed by atoms with Crippen molar-refractivity contribution in [2.45, 2.75) is 76.7 Å². The summed E-state index contributed by atoms with van der Waals surface area (Å²) >= 11 is 5.88. The third kappa shape index (κ3) is 4.36. The van der Waals surface area contributed by atoms with Crippen LogP contribution in [0.2, 0.25) is 5.02 Å². The molecular formula is C28H35ClFN3O4. The molecule has 3 fully saturated rings. The Bertz CT molecular complexity index is 1130. The standard InChI is InChI=1S/C28H35ClFN3O4/c1-4-5-13-33-24(26(35)32-20-8-6-7-15(2)16(20)3)28-12-11-21(37-28)22(23(28)27(33)36)25(34)31-17-9-10-19(30)18(29)14-17/h9-12,14-16,20-24H,4-8,13H2,1-3H3,(H,31,34)(H,32,35)/t15?,16?,20?,21-,22?,23-,24?,28?/m1/s1. The number of halogens is 2. The number of hydrogen-bond acceptors (Lipinski definition) is 4. The van der Waals surface area contributed by atoms with Crippen LogP contribution in [-0.2, 0) is 19.1 Å². The number of carbonyl (C=O) groups excluding carboxylic acids is 3. The number of nitrogens with one attached hydrogen (secondary N) is 2. The average Bonchev–Trinajstić information content (AvgIpc) is 3.50. The highest BCUT2D eigenvalue weighted by Crippen LogP contribution is 2.55. The molecule has 5 rings (SSSR count). The van der Waals surface area contributed by atoms with Gasteiger partial charge in [0, 0.05) is 18.3 Å². The van der Waals surface area contributed by atoms with Crippen molar-refractivity contribution in [1.82, 2.24) is 10.2 Å². The van der Waals surface area contributed by atoms with Gasteiger partial charge in [-0.05, 0) is 42.9 Å². The van der Waals surface area contributed by atoms with E-state index in [0.29, 0.717) is 24.1 Å². The minimum absolute atomic E-state index is 0.0414. The molecule has 7 nitrogen and oxygen atoms in total. The van der Waals surface area contributed by atoms with E-state index in [4.69, 9.17) is 16.3 Å². The minimum atomic E-state index is -1.19. The van der Waals surface area contributed by atoms with E-state index in [0.717, 1.165) is 32.1 Å². The van der Waals surface area contributed by atoms with Crippen molar-refractivity contribution in [2.75, 3.05) is 11.9 Å². The lowest BCUT2D eigenvalue weighted by Gasteiger charge is -2.38. The predicted molar refractivity (Wildman–Crippen MR) is 138 cm³/mol. The normalized spacial score (nSPS) is 36.1. The summed E-state index contributed by atoms with van der Waals surface area (Å²) in [6.45, 7) is 6.84. The number of rotatable bonds is 7. The van der Waals surface area contributed by atoms with E-state index in [1.165, 1.54) is 18.2 Å². The Labute approximate surface area is 222 Å². The molecule has 0 radical (unpaired) electrons. The highest BCUT2D eigenvalue weighted by atomic mass is 35.5. The molecule has 6 unspecified atom stereocenters. The van der Waals surface area contributed by atoms with E-state index in [2.05, 4.69) is 24.5 Å². The van der Waals surface area contributed by atoms with Crippen LogP contribution in [-0.4, -0.2) is 53.0 Å². The number of anilines is 1. The Morgan fingerprint density at radius 1 is 1.24 bits per heavy atom. The lowest BCUT2D eigenvalue weighted by molar-refractivity contribution is -0.141. The maximum absolute atomic E-state index is 13.9. The van der Waals surface area contributed by atoms with Crippen LogP contribution in [0.5, 0.6) is 0 Å². The van der Waals surface area contributed by atoms with Crippen molar-refractivity contribution in [3.8, 4) is 0 Å². The van der Waals surface area contributed by atoms with Gasteiger partial charge in [0.2, 0.25) is 17.7 Å². The Morgan fingerprint density at radius 3 is 2.76 bits per heavy atom. The molecule has 1 spiro atoms. The molecule has 3 aliphatic heterocycles. The summed E-state index contributed by atoms with van der Waals surface area (Å²) in [6.07, 6.45) is 7.71. The maximum atomic E-state index is 13.9. The number of ether oxygens (including phenoxy) is 1. The zero-order chi connectivity index (χ0) is 26.5. The first-order valence-electron chi connectivity index (χ1n) is 13.4. The van der Waals surface area contributed by atoms with Gasteiger partial charge < -0.3 is 20.3 Å². The number of nitrogens with zero attached hydrogens (tertiary/aromatic N) is 1. The molecule has 2 N–H and O–H groups in total. The molecule has 4 aliphatic rings. The second-order valence-corrected chi connectivity index (χ2v) is 11.5. The number of carbonyl (C=O) groups is 3. The van der Waals surface area contributed by atoms with Gasteiger partial charge in [-0.2, -0.15) is 0 Å². The fraction of sp³-hybridized carbons (Fsp3) is 0.607. The van der Waals surface area contributed by atoms with Crippen molar-refractivity contribution in [3.05, 3.63) is 41.2 Å². The van der Waals surface area contributed by atoms with E-state index >= 15 is 0 Å². The molecular weight excluding hydrogens is 497 g/mol. The van der Waals surface area contributed by atoms with Crippen molar-refractivity contribution in [1.29, 1.82) is 0 Å². The lowest BCUT2D eigenvalue weighted by atomic mass is 9.73. The Morgan fingerprint density at radius 2 is 2.03 bits per heavy atom. The molecule has 1 aromatic carbocycles. The topological polar surface area (TPSA) is 87.7 Å². The van der Waals surface area contributed by atoms with Crippen LogP contribution in [0.1, 0.15) is 52.9 Å². The van der Waals surface area contributed by atoms with Crippen molar-refractivity contribution in [3.63, 3.8) is 0 Å². The molecule has 2 bridgehead atoms. The smallest absolute Gasteiger partial charge is 0.246 e. The van der Waals surface area contributed by atoms with Crippen LogP contribution in [0, 0.1) is 29.5 Å². The van der Waals surface area contributed by atoms with Crippen LogP contribution in [0.15, 0.2) is 30.4 Å². The first-order valence-corrected chi connectivity index (χ1v) is 13.8. The summed E-state index contributed by atoms with van der Waals surface area (Å²) < 4.78 is 20.0. The largest absolute Gasteiger partial charge is 0.359 e. The number of benzene rings is 1. The van der Waals surface area contributed by atoms with Gasteiger partial charge in [0.05, 0.1) is 23.0 Å². The first-order chi connectivity index (χ1) is 17.7. The van der Waals surface area contributed by atoms with Gasteiger partial charge in [0.25, 0.3) is 0 Å². The van der Waals surface area contributed by atoms with Gasteiger partial charge in [-0.25, -0.2) is 4.39 Å². The lowest BCUT2D eigenvalue weighted by Crippen LogP contribution is -2.58. The van der Waals surface area contributed by atoms with Gasteiger partial charge in [0.15, 0.2) is 0 Å². The van der Waals surface area contributed by atoms with E-state index in [9.17, 15) is 18.8 Å². The number of hydrogen-bond donors (Lipinski definition) is 2. The third-order valence-corrected chi connectivity index (χ3v) is 9.19. The second-order valence-electron chi connectivity index (χ2n) is 11.1. The molecule has 200 valence electrons. The Balaban J connectivity index is 1.42. The SMILES string of the molecule is CCCCN1C(=O)[C@H]2C(C(=O)Nc3ccc(F)c(Cl)c3)[C@H]3C=CC2(O3)C1C(=O)NC1CCCC(C)C1C. The zero-order valence-electron chi connectivity index (χ0n) is 21.5. The molecule has 37 heavy (non-hydrogen) atoms. The van der Waals surface area contributed by atoms with Crippen molar-refractivity contribution >= 4 is 35.0 Å². The molecule has 2 saturated heterocycles. The van der Waals surface area contributed by atoms with Crippen LogP contribution < -0.4 is 10.6 Å². The molecule has 3 heterocycles. The number of unbranched alkanes of at least 4 members (excludes halogenated alkanes) is 1. The molecule has 1 saturated carbocycles. The van der Waals surface area contributed by atoms with Crippen LogP contribution in [0.4, 0.5) is 10.1 Å². The zero-order valence-corrected chi connectivity index (χ0v) is 22.3. The van der Waals surface area contributed by atoms with E-state index in [1.54, 1.807) is 11.0 Å². The molecule has 1 aromatic rings. The Hall–Kier alpha value is -2.45. The third-order valence-electron chi connectivity index (χ3n) is 8.90. The number of amides is 3. The maximum Gasteiger partial charge on any atom is 0.246 e. The van der Waals surface area contributed by atoms with E-state index < -0.39 is 41.3 Å². The summed E-state index contributed by atoms with van der Waals surface area (Å²) in [6, 6.07) is 3.14. The van der Waals surface area contributed by atoms with Crippen LogP contribution in [0.25, 0.3) is 0 Å². The summed E-state index contributed by atoms with van der Waals surface area (Å²) in [5.74, 6) is -2.22. The second kappa shape index (κ2) is 10.0. The van der Waals surface area contributed by atoms with Gasteiger partial charge in [0.1, 0.15) is 17.5 Å². The fourth-order valence-corrected chi connectivity index (χ4v) is 6.86. The van der Waals surface area contributed by atoms with Gasteiger partial charge in [-0.15, -0.1) is 0 Å². The number of likely N-dealkylation sites (tertiary alicyclic amines) is 1. The quantitative estimate of drug-likeness (QED) is 0.513. The van der Waals surface area contributed by atoms with Gasteiger partial charge in [-0.3, -0.25) is 14.4 Å². The predicted octanol–water partition coefficient (Wildman–Crippen LogP) is 4.31. The summed E-state index contributed by atoms with van der Waals surface area (Å²) in [5.41, 5.74) is -0.855. The summed E-state index contributed by atoms with van der Waals surface area (Å²) in [5, 5.41) is 5.92. The molecule has 9 heteroatoms. The summed E-state index contributed by atoms with van der Waals surface area (Å²) in [7, 11) is 0. The molecule has 8 atom stereocenters. The summed E-state index contributed by atoms with van der Waals surface area (Å²) in [4.78, 5) is 42.8. The van der Waals surface area contributed by atoms with Crippen molar-refractivity contribution < 1.29 is 23.5 Å². The molecule has 1 aliphatic carbocycles. The van der Waals surface area contributed by atoms with Gasteiger partial charge in [-0.1, -0.05) is 63.8 Å². The minimum Gasteiger partial charge on any atom is -0.359 e. The van der Waals surface area contributed by atoms with E-state index in [1.807, 2.05) is 13.0 Å².